The zero-order valence-electron chi connectivity index (χ0n) is 15.0. The second-order valence-corrected chi connectivity index (χ2v) is 7.90. The Morgan fingerprint density at radius 2 is 2.04 bits per heavy atom. The van der Waals surface area contributed by atoms with Crippen LogP contribution in [-0.4, -0.2) is 34.2 Å². The van der Waals surface area contributed by atoms with E-state index in [1.807, 2.05) is 37.9 Å². The molecular weight excluding hydrogens is 302 g/mol. The van der Waals surface area contributed by atoms with Gasteiger partial charge in [-0.25, -0.2) is 9.78 Å². The number of piperidine rings is 1. The van der Waals surface area contributed by atoms with E-state index in [4.69, 9.17) is 4.74 Å². The molecule has 5 heteroatoms. The third kappa shape index (κ3) is 4.00. The number of anilines is 1. The Bertz CT molecular complexity index is 578. The van der Waals surface area contributed by atoms with Gasteiger partial charge in [-0.05, 0) is 65.4 Å². The SMILES string of the molecule is CC(C)(C)OC(=O)N1CCCC[C@H]1c1cccnc1NC1CCC1. The molecule has 5 nitrogen and oxygen atoms in total. The maximum atomic E-state index is 12.7. The number of hydrogen-bond donors (Lipinski definition) is 1. The van der Waals surface area contributed by atoms with Crippen molar-refractivity contribution >= 4 is 11.9 Å². The van der Waals surface area contributed by atoms with Gasteiger partial charge in [0.05, 0.1) is 6.04 Å². The van der Waals surface area contributed by atoms with Crippen LogP contribution in [0.25, 0.3) is 0 Å². The first-order chi connectivity index (χ1) is 11.4. The molecule has 2 aliphatic rings. The fourth-order valence-corrected chi connectivity index (χ4v) is 3.35. The smallest absolute Gasteiger partial charge is 0.410 e. The largest absolute Gasteiger partial charge is 0.444 e. The molecule has 0 spiro atoms. The summed E-state index contributed by atoms with van der Waals surface area (Å²) in [6.07, 6.45) is 8.42. The zero-order chi connectivity index (χ0) is 17.2. The van der Waals surface area contributed by atoms with Crippen LogP contribution < -0.4 is 5.32 Å². The molecule has 0 unspecified atom stereocenters. The Labute approximate surface area is 144 Å². The van der Waals surface area contributed by atoms with Gasteiger partial charge in [0.25, 0.3) is 0 Å². The molecule has 1 aliphatic heterocycles. The molecule has 1 aliphatic carbocycles. The van der Waals surface area contributed by atoms with Gasteiger partial charge in [-0.1, -0.05) is 6.07 Å². The minimum absolute atomic E-state index is 0.0462. The van der Waals surface area contributed by atoms with E-state index in [2.05, 4.69) is 16.4 Å². The van der Waals surface area contributed by atoms with Crippen LogP contribution in [-0.2, 0) is 4.74 Å². The lowest BCUT2D eigenvalue weighted by molar-refractivity contribution is 0.00957. The Hall–Kier alpha value is -1.78. The molecule has 1 aromatic rings. The zero-order valence-corrected chi connectivity index (χ0v) is 15.0. The van der Waals surface area contributed by atoms with E-state index < -0.39 is 5.60 Å². The standard InChI is InChI=1S/C19H29N3O2/c1-19(2,3)24-18(23)22-13-5-4-11-16(22)15-10-7-12-20-17(15)21-14-8-6-9-14/h7,10,12,14,16H,4-6,8-9,11,13H2,1-3H3,(H,20,21)/t16-/m0/s1. The molecule has 1 aromatic heterocycles. The third-order valence-electron chi connectivity index (χ3n) is 4.77. The fourth-order valence-electron chi connectivity index (χ4n) is 3.35. The first-order valence-electron chi connectivity index (χ1n) is 9.15. The van der Waals surface area contributed by atoms with Gasteiger partial charge in [0, 0.05) is 24.3 Å². The quantitative estimate of drug-likeness (QED) is 0.885. The van der Waals surface area contributed by atoms with Crippen molar-refractivity contribution in [3.8, 4) is 0 Å². The Balaban J connectivity index is 1.81. The van der Waals surface area contributed by atoms with Crippen molar-refractivity contribution in [2.75, 3.05) is 11.9 Å². The first-order valence-corrected chi connectivity index (χ1v) is 9.15. The van der Waals surface area contributed by atoms with Gasteiger partial charge in [0.2, 0.25) is 0 Å². The molecule has 0 bridgehead atoms. The van der Waals surface area contributed by atoms with Crippen LogP contribution in [0.2, 0.25) is 0 Å². The molecular formula is C19H29N3O2. The summed E-state index contributed by atoms with van der Waals surface area (Å²) >= 11 is 0. The van der Waals surface area contributed by atoms with E-state index in [1.54, 1.807) is 0 Å². The number of nitrogens with one attached hydrogen (secondary N) is 1. The number of likely N-dealkylation sites (tertiary alicyclic amines) is 1. The van der Waals surface area contributed by atoms with Gasteiger partial charge < -0.3 is 15.0 Å². The number of amides is 1. The number of nitrogens with zero attached hydrogens (tertiary/aromatic N) is 2. The highest BCUT2D eigenvalue weighted by Gasteiger charge is 2.33. The van der Waals surface area contributed by atoms with E-state index >= 15 is 0 Å². The van der Waals surface area contributed by atoms with E-state index in [1.165, 1.54) is 19.3 Å². The molecule has 2 heterocycles. The highest BCUT2D eigenvalue weighted by atomic mass is 16.6. The van der Waals surface area contributed by atoms with Crippen LogP contribution in [0, 0.1) is 0 Å². The number of carbonyl (C=O) groups excluding carboxylic acids is 1. The summed E-state index contributed by atoms with van der Waals surface area (Å²) in [7, 11) is 0. The predicted molar refractivity (Wildman–Crippen MR) is 95.0 cm³/mol. The normalized spacial score (nSPS) is 22.0. The van der Waals surface area contributed by atoms with E-state index in [9.17, 15) is 4.79 Å². The second kappa shape index (κ2) is 6.99. The van der Waals surface area contributed by atoms with Crippen LogP contribution in [0.15, 0.2) is 18.3 Å². The maximum Gasteiger partial charge on any atom is 0.410 e. The van der Waals surface area contributed by atoms with Crippen LogP contribution in [0.4, 0.5) is 10.6 Å². The van der Waals surface area contributed by atoms with E-state index in [0.717, 1.165) is 37.2 Å². The lowest BCUT2D eigenvalue weighted by atomic mass is 9.92. The average molecular weight is 331 g/mol. The molecule has 1 atom stereocenters. The Morgan fingerprint density at radius 1 is 1.25 bits per heavy atom. The summed E-state index contributed by atoms with van der Waals surface area (Å²) in [6, 6.07) is 4.63. The molecule has 1 saturated heterocycles. The van der Waals surface area contributed by atoms with Crippen molar-refractivity contribution in [2.45, 2.75) is 77.0 Å². The van der Waals surface area contributed by atoms with Gasteiger partial charge in [0.1, 0.15) is 11.4 Å². The lowest BCUT2D eigenvalue weighted by Gasteiger charge is -2.38. The van der Waals surface area contributed by atoms with Gasteiger partial charge in [-0.2, -0.15) is 0 Å². The summed E-state index contributed by atoms with van der Waals surface area (Å²) in [6.45, 7) is 6.49. The van der Waals surface area contributed by atoms with Crippen LogP contribution >= 0.6 is 0 Å². The predicted octanol–water partition coefficient (Wildman–Crippen LogP) is 4.51. The average Bonchev–Trinajstić information content (AvgIpc) is 2.50. The van der Waals surface area contributed by atoms with Gasteiger partial charge in [0.15, 0.2) is 0 Å². The van der Waals surface area contributed by atoms with Crippen molar-refractivity contribution in [3.05, 3.63) is 23.9 Å². The summed E-state index contributed by atoms with van der Waals surface area (Å²) in [5, 5.41) is 3.56. The second-order valence-electron chi connectivity index (χ2n) is 7.90. The Kier molecular flexibility index (Phi) is 4.97. The topological polar surface area (TPSA) is 54.5 Å². The molecule has 1 N–H and O–H groups in total. The summed E-state index contributed by atoms with van der Waals surface area (Å²) in [5.74, 6) is 0.933. The number of carbonyl (C=O) groups is 1. The summed E-state index contributed by atoms with van der Waals surface area (Å²) in [5.41, 5.74) is 0.649. The monoisotopic (exact) mass is 331 g/mol. The lowest BCUT2D eigenvalue weighted by Crippen LogP contribution is -2.42. The van der Waals surface area contributed by atoms with Crippen molar-refractivity contribution < 1.29 is 9.53 Å². The highest BCUT2D eigenvalue weighted by molar-refractivity contribution is 5.69. The maximum absolute atomic E-state index is 12.7. The molecule has 132 valence electrons. The molecule has 1 saturated carbocycles. The van der Waals surface area contributed by atoms with Crippen molar-refractivity contribution in [1.29, 1.82) is 0 Å². The molecule has 0 radical (unpaired) electrons. The van der Waals surface area contributed by atoms with Crippen LogP contribution in [0.3, 0.4) is 0 Å². The first kappa shape index (κ1) is 17.1. The van der Waals surface area contributed by atoms with Crippen molar-refractivity contribution in [2.24, 2.45) is 0 Å². The number of aromatic nitrogens is 1. The summed E-state index contributed by atoms with van der Waals surface area (Å²) in [4.78, 5) is 19.1. The number of hydrogen-bond acceptors (Lipinski definition) is 4. The van der Waals surface area contributed by atoms with Crippen LogP contribution in [0.5, 0.6) is 0 Å². The number of ether oxygens (including phenoxy) is 1. The summed E-state index contributed by atoms with van der Waals surface area (Å²) < 4.78 is 5.63. The molecule has 3 rings (SSSR count). The molecule has 1 amide bonds. The number of rotatable bonds is 3. The highest BCUT2D eigenvalue weighted by Crippen LogP contribution is 2.36. The third-order valence-corrected chi connectivity index (χ3v) is 4.77. The van der Waals surface area contributed by atoms with Gasteiger partial charge in [-0.3, -0.25) is 0 Å². The van der Waals surface area contributed by atoms with E-state index in [-0.39, 0.29) is 12.1 Å². The van der Waals surface area contributed by atoms with Gasteiger partial charge in [-0.15, -0.1) is 0 Å². The number of pyridine rings is 1. The fraction of sp³-hybridized carbons (Fsp3) is 0.684. The van der Waals surface area contributed by atoms with E-state index in [0.29, 0.717) is 6.04 Å². The molecule has 0 aromatic carbocycles. The minimum Gasteiger partial charge on any atom is -0.444 e. The van der Waals surface area contributed by atoms with Crippen molar-refractivity contribution in [1.82, 2.24) is 9.88 Å². The molecule has 24 heavy (non-hydrogen) atoms. The van der Waals surface area contributed by atoms with Gasteiger partial charge >= 0.3 is 6.09 Å². The van der Waals surface area contributed by atoms with Crippen molar-refractivity contribution in [3.63, 3.8) is 0 Å². The minimum atomic E-state index is -0.471. The Morgan fingerprint density at radius 3 is 2.71 bits per heavy atom. The van der Waals surface area contributed by atoms with Crippen LogP contribution in [0.1, 0.15) is 70.9 Å². The molecule has 2 fully saturated rings.